The molecule has 0 bridgehead atoms. The molecule has 2 aromatic rings. The Bertz CT molecular complexity index is 1060. The van der Waals surface area contributed by atoms with Crippen LogP contribution in [0.25, 0.3) is 0 Å². The van der Waals surface area contributed by atoms with Gasteiger partial charge in [0.15, 0.2) is 0 Å². The molecule has 3 amide bonds. The summed E-state index contributed by atoms with van der Waals surface area (Å²) in [6.45, 7) is 4.57. The van der Waals surface area contributed by atoms with Crippen LogP contribution in [0.5, 0.6) is 5.75 Å². The lowest BCUT2D eigenvalue weighted by atomic mass is 10.0. The molecule has 1 atom stereocenters. The minimum atomic E-state index is -0.782. The Hall–Kier alpha value is -2.77. The molecular formula is C24H27Cl2N3O4. The quantitative estimate of drug-likeness (QED) is 0.548. The fourth-order valence-electron chi connectivity index (χ4n) is 3.72. The summed E-state index contributed by atoms with van der Waals surface area (Å²) in [5.41, 5.74) is 1.41. The van der Waals surface area contributed by atoms with E-state index in [-0.39, 0.29) is 28.3 Å². The van der Waals surface area contributed by atoms with Crippen LogP contribution in [-0.4, -0.2) is 37.4 Å². The number of rotatable bonds is 8. The molecule has 1 fully saturated rings. The van der Waals surface area contributed by atoms with Gasteiger partial charge >= 0.3 is 0 Å². The molecule has 176 valence electrons. The van der Waals surface area contributed by atoms with E-state index in [1.807, 2.05) is 13.8 Å². The number of nitrogens with one attached hydrogen (secondary N) is 2. The SMILES string of the molecule is COc1cc(NC(=O)C(CC(C)C)NC(=O)c2ccc(Cl)cc2Cl)ccc1N1CCCC1=O. The highest BCUT2D eigenvalue weighted by Crippen LogP contribution is 2.34. The molecule has 1 saturated heterocycles. The Kier molecular flexibility index (Phi) is 8.21. The van der Waals surface area contributed by atoms with E-state index < -0.39 is 11.9 Å². The number of ether oxygens (including phenoxy) is 1. The average Bonchev–Trinajstić information content (AvgIpc) is 3.18. The van der Waals surface area contributed by atoms with Crippen molar-refractivity contribution in [1.29, 1.82) is 0 Å². The molecule has 0 aliphatic carbocycles. The number of halogens is 2. The van der Waals surface area contributed by atoms with Crippen molar-refractivity contribution >= 4 is 52.3 Å². The highest BCUT2D eigenvalue weighted by atomic mass is 35.5. The number of carbonyl (C=O) groups is 3. The van der Waals surface area contributed by atoms with Crippen LogP contribution in [0.15, 0.2) is 36.4 Å². The topological polar surface area (TPSA) is 87.7 Å². The number of methoxy groups -OCH3 is 1. The molecule has 0 aromatic heterocycles. The van der Waals surface area contributed by atoms with Gasteiger partial charge in [-0.15, -0.1) is 0 Å². The van der Waals surface area contributed by atoms with Gasteiger partial charge in [-0.1, -0.05) is 37.0 Å². The Morgan fingerprint density at radius 3 is 2.52 bits per heavy atom. The molecule has 2 N–H and O–H groups in total. The lowest BCUT2D eigenvalue weighted by Gasteiger charge is -2.22. The number of carbonyl (C=O) groups excluding carboxylic acids is 3. The number of hydrogen-bond acceptors (Lipinski definition) is 4. The highest BCUT2D eigenvalue weighted by Gasteiger charge is 2.26. The number of anilines is 2. The van der Waals surface area contributed by atoms with Crippen LogP contribution in [0.3, 0.4) is 0 Å². The number of amides is 3. The van der Waals surface area contributed by atoms with Crippen molar-refractivity contribution in [3.63, 3.8) is 0 Å². The normalized spacial score (nSPS) is 14.4. The van der Waals surface area contributed by atoms with Gasteiger partial charge in [-0.25, -0.2) is 0 Å². The number of hydrogen-bond donors (Lipinski definition) is 2. The van der Waals surface area contributed by atoms with Gasteiger partial charge in [0, 0.05) is 29.7 Å². The summed E-state index contributed by atoms with van der Waals surface area (Å²) in [6, 6.07) is 8.92. The summed E-state index contributed by atoms with van der Waals surface area (Å²) < 4.78 is 5.46. The zero-order valence-corrected chi connectivity index (χ0v) is 20.3. The van der Waals surface area contributed by atoms with E-state index in [1.54, 1.807) is 29.2 Å². The molecule has 0 saturated carbocycles. The van der Waals surface area contributed by atoms with Crippen molar-refractivity contribution in [2.75, 3.05) is 23.9 Å². The Balaban J connectivity index is 1.77. The standard InChI is InChI=1S/C24H27Cl2N3O4/c1-14(2)11-19(28-23(31)17-8-6-15(25)12-18(17)26)24(32)27-16-7-9-20(21(13-16)33-3)29-10-4-5-22(29)30/h6-9,12-14,19H,4-5,10-11H2,1-3H3,(H,27,32)(H,28,31). The lowest BCUT2D eigenvalue weighted by molar-refractivity contribution is -0.118. The number of nitrogens with zero attached hydrogens (tertiary/aromatic N) is 1. The van der Waals surface area contributed by atoms with Crippen LogP contribution < -0.4 is 20.3 Å². The third kappa shape index (κ3) is 6.18. The Labute approximate surface area is 203 Å². The molecule has 33 heavy (non-hydrogen) atoms. The van der Waals surface area contributed by atoms with Crippen LogP contribution in [0, 0.1) is 5.92 Å². The van der Waals surface area contributed by atoms with Crippen LogP contribution in [0.4, 0.5) is 11.4 Å². The molecule has 0 radical (unpaired) electrons. The largest absolute Gasteiger partial charge is 0.494 e. The van der Waals surface area contributed by atoms with Crippen LogP contribution in [-0.2, 0) is 9.59 Å². The van der Waals surface area contributed by atoms with E-state index in [0.717, 1.165) is 6.42 Å². The molecule has 9 heteroatoms. The smallest absolute Gasteiger partial charge is 0.253 e. The first-order valence-corrected chi connectivity index (χ1v) is 11.5. The molecule has 1 unspecified atom stereocenters. The predicted molar refractivity (Wildman–Crippen MR) is 130 cm³/mol. The van der Waals surface area contributed by atoms with Gasteiger partial charge in [0.05, 0.1) is 23.4 Å². The van der Waals surface area contributed by atoms with Crippen molar-refractivity contribution in [3.05, 3.63) is 52.0 Å². The summed E-state index contributed by atoms with van der Waals surface area (Å²) in [5, 5.41) is 6.24. The predicted octanol–water partition coefficient (Wildman–Crippen LogP) is 4.91. The fourth-order valence-corrected chi connectivity index (χ4v) is 4.22. The molecular weight excluding hydrogens is 465 g/mol. The maximum atomic E-state index is 13.1. The second-order valence-electron chi connectivity index (χ2n) is 8.30. The second kappa shape index (κ2) is 10.9. The van der Waals surface area contributed by atoms with Gasteiger partial charge in [0.25, 0.3) is 5.91 Å². The van der Waals surface area contributed by atoms with Gasteiger partial charge in [0.1, 0.15) is 11.8 Å². The van der Waals surface area contributed by atoms with Gasteiger partial charge in [0.2, 0.25) is 11.8 Å². The van der Waals surface area contributed by atoms with Crippen molar-refractivity contribution < 1.29 is 19.1 Å². The van der Waals surface area contributed by atoms with Crippen molar-refractivity contribution in [2.45, 2.75) is 39.2 Å². The van der Waals surface area contributed by atoms with Gasteiger partial charge in [-0.3, -0.25) is 14.4 Å². The molecule has 7 nitrogen and oxygen atoms in total. The first-order chi connectivity index (χ1) is 15.7. The van der Waals surface area contributed by atoms with Gasteiger partial charge in [-0.05, 0) is 49.1 Å². The molecule has 3 rings (SSSR count). The van der Waals surface area contributed by atoms with Crippen molar-refractivity contribution in [3.8, 4) is 5.75 Å². The van der Waals surface area contributed by atoms with Crippen LogP contribution in [0.1, 0.15) is 43.5 Å². The van der Waals surface area contributed by atoms with E-state index in [2.05, 4.69) is 10.6 Å². The van der Waals surface area contributed by atoms with E-state index in [1.165, 1.54) is 19.2 Å². The summed E-state index contributed by atoms with van der Waals surface area (Å²) in [5.74, 6) is -0.141. The summed E-state index contributed by atoms with van der Waals surface area (Å²) >= 11 is 12.1. The van der Waals surface area contributed by atoms with Crippen molar-refractivity contribution in [2.24, 2.45) is 5.92 Å². The third-order valence-corrected chi connectivity index (χ3v) is 5.86. The zero-order valence-electron chi connectivity index (χ0n) is 18.8. The molecule has 0 spiro atoms. The van der Waals surface area contributed by atoms with E-state index in [9.17, 15) is 14.4 Å². The van der Waals surface area contributed by atoms with E-state index >= 15 is 0 Å². The van der Waals surface area contributed by atoms with E-state index in [4.69, 9.17) is 27.9 Å². The summed E-state index contributed by atoms with van der Waals surface area (Å²) in [7, 11) is 1.52. The van der Waals surface area contributed by atoms with Crippen LogP contribution >= 0.6 is 23.2 Å². The van der Waals surface area contributed by atoms with Crippen LogP contribution in [0.2, 0.25) is 10.0 Å². The average molecular weight is 492 g/mol. The first kappa shape index (κ1) is 24.9. The monoisotopic (exact) mass is 491 g/mol. The molecule has 1 heterocycles. The minimum Gasteiger partial charge on any atom is -0.494 e. The third-order valence-electron chi connectivity index (χ3n) is 5.32. The maximum Gasteiger partial charge on any atom is 0.253 e. The second-order valence-corrected chi connectivity index (χ2v) is 9.15. The summed E-state index contributed by atoms with van der Waals surface area (Å²) in [6.07, 6.45) is 1.74. The fraction of sp³-hybridized carbons (Fsp3) is 0.375. The Morgan fingerprint density at radius 1 is 1.15 bits per heavy atom. The molecule has 1 aliphatic heterocycles. The molecule has 2 aromatic carbocycles. The number of benzene rings is 2. The van der Waals surface area contributed by atoms with Gasteiger partial charge in [-0.2, -0.15) is 0 Å². The first-order valence-electron chi connectivity index (χ1n) is 10.7. The highest BCUT2D eigenvalue weighted by molar-refractivity contribution is 6.36. The summed E-state index contributed by atoms with van der Waals surface area (Å²) in [4.78, 5) is 39.6. The van der Waals surface area contributed by atoms with E-state index in [0.29, 0.717) is 41.5 Å². The lowest BCUT2D eigenvalue weighted by Crippen LogP contribution is -2.44. The maximum absolute atomic E-state index is 13.1. The molecule has 1 aliphatic rings. The Morgan fingerprint density at radius 2 is 1.91 bits per heavy atom. The van der Waals surface area contributed by atoms with Crippen molar-refractivity contribution in [1.82, 2.24) is 5.32 Å². The zero-order chi connectivity index (χ0) is 24.1. The minimum absolute atomic E-state index is 0.0469. The van der Waals surface area contributed by atoms with Gasteiger partial charge < -0.3 is 20.3 Å².